The number of hydrogen-bond acceptors (Lipinski definition) is 2. The first-order chi connectivity index (χ1) is 11.3. The molecule has 2 heteroatoms. The van der Waals surface area contributed by atoms with Gasteiger partial charge in [0, 0.05) is 37.5 Å². The van der Waals surface area contributed by atoms with Crippen molar-refractivity contribution >= 4 is 17.0 Å². The Hall–Kier alpha value is -2.35. The largest absolute Gasteiger partial charge is 0.378 e. The Morgan fingerprint density at radius 1 is 1.04 bits per heavy atom. The summed E-state index contributed by atoms with van der Waals surface area (Å²) in [7, 11) is 4.17. The first kappa shape index (κ1) is 16.5. The van der Waals surface area contributed by atoms with Crippen LogP contribution in [0.2, 0.25) is 0 Å². The summed E-state index contributed by atoms with van der Waals surface area (Å²) in [5.74, 6) is 0.299. The van der Waals surface area contributed by atoms with Gasteiger partial charge in [0.05, 0.1) is 5.54 Å². The van der Waals surface area contributed by atoms with Gasteiger partial charge in [-0.1, -0.05) is 42.5 Å². The van der Waals surface area contributed by atoms with Crippen molar-refractivity contribution in [2.24, 2.45) is 4.99 Å². The Bertz CT molecular complexity index is 833. The quantitative estimate of drug-likeness (QED) is 0.714. The summed E-state index contributed by atoms with van der Waals surface area (Å²) in [6, 6.07) is 13.0. The van der Waals surface area contributed by atoms with Crippen LogP contribution in [-0.2, 0) is 0 Å². The molecule has 0 saturated heterocycles. The molecule has 1 unspecified atom stereocenters. The normalized spacial score (nSPS) is 17.7. The van der Waals surface area contributed by atoms with E-state index in [-0.39, 0.29) is 5.54 Å². The van der Waals surface area contributed by atoms with Gasteiger partial charge < -0.3 is 4.90 Å². The SMILES string of the molecule is CN(C)C1=CC(c2ccc3ccccc3c2C=NC(C)(C)C)C=C1. The molecular formula is C22H26N2. The summed E-state index contributed by atoms with van der Waals surface area (Å²) in [6.07, 6.45) is 8.85. The molecule has 1 aliphatic rings. The fraction of sp³-hybridized carbons (Fsp3) is 0.318. The third-order valence-electron chi connectivity index (χ3n) is 4.29. The third kappa shape index (κ3) is 3.43. The first-order valence-electron chi connectivity index (χ1n) is 8.49. The van der Waals surface area contributed by atoms with E-state index in [4.69, 9.17) is 4.99 Å². The maximum absolute atomic E-state index is 4.78. The Morgan fingerprint density at radius 3 is 2.46 bits per heavy atom. The number of hydrogen-bond donors (Lipinski definition) is 0. The highest BCUT2D eigenvalue weighted by Crippen LogP contribution is 2.33. The molecule has 124 valence electrons. The van der Waals surface area contributed by atoms with Crippen LogP contribution in [0, 0.1) is 0 Å². The van der Waals surface area contributed by atoms with E-state index in [1.807, 2.05) is 0 Å². The highest BCUT2D eigenvalue weighted by atomic mass is 15.1. The summed E-state index contributed by atoms with van der Waals surface area (Å²) in [5, 5.41) is 2.53. The highest BCUT2D eigenvalue weighted by Gasteiger charge is 2.17. The third-order valence-corrected chi connectivity index (χ3v) is 4.29. The minimum absolute atomic E-state index is 0.0790. The summed E-state index contributed by atoms with van der Waals surface area (Å²) in [6.45, 7) is 6.40. The Kier molecular flexibility index (Phi) is 4.31. The molecule has 0 saturated carbocycles. The zero-order chi connectivity index (χ0) is 17.3. The van der Waals surface area contributed by atoms with Crippen LogP contribution in [0.1, 0.15) is 37.8 Å². The lowest BCUT2D eigenvalue weighted by Gasteiger charge is -2.16. The molecule has 0 N–H and O–H groups in total. The van der Waals surface area contributed by atoms with Gasteiger partial charge in [0.15, 0.2) is 0 Å². The molecule has 1 atom stereocenters. The van der Waals surface area contributed by atoms with E-state index in [2.05, 4.69) is 101 Å². The standard InChI is InChI=1S/C22H26N2/c1-22(2,3)23-15-21-19-9-7-6-8-16(19)11-13-20(21)17-10-12-18(14-17)24(4)5/h6-15,17H,1-5H3. The minimum Gasteiger partial charge on any atom is -0.378 e. The summed E-state index contributed by atoms with van der Waals surface area (Å²) in [4.78, 5) is 6.94. The lowest BCUT2D eigenvalue weighted by Crippen LogP contribution is -2.10. The van der Waals surface area contributed by atoms with Crippen LogP contribution in [0.25, 0.3) is 10.8 Å². The molecule has 0 heterocycles. The van der Waals surface area contributed by atoms with Gasteiger partial charge in [0.1, 0.15) is 0 Å². The van der Waals surface area contributed by atoms with Gasteiger partial charge in [0.25, 0.3) is 0 Å². The van der Waals surface area contributed by atoms with Crippen LogP contribution in [0.5, 0.6) is 0 Å². The van der Waals surface area contributed by atoms with Crippen molar-refractivity contribution in [3.63, 3.8) is 0 Å². The van der Waals surface area contributed by atoms with Gasteiger partial charge in [-0.2, -0.15) is 0 Å². The molecule has 0 radical (unpaired) electrons. The van der Waals surface area contributed by atoms with Crippen LogP contribution in [0.15, 0.2) is 65.3 Å². The average molecular weight is 318 g/mol. The van der Waals surface area contributed by atoms with E-state index >= 15 is 0 Å². The van der Waals surface area contributed by atoms with Crippen molar-refractivity contribution < 1.29 is 0 Å². The second kappa shape index (κ2) is 6.27. The van der Waals surface area contributed by atoms with E-state index in [1.54, 1.807) is 0 Å². The fourth-order valence-corrected chi connectivity index (χ4v) is 2.99. The van der Waals surface area contributed by atoms with Crippen LogP contribution in [0.3, 0.4) is 0 Å². The number of allylic oxidation sites excluding steroid dienone is 3. The van der Waals surface area contributed by atoms with Gasteiger partial charge in [0.2, 0.25) is 0 Å². The minimum atomic E-state index is -0.0790. The summed E-state index contributed by atoms with van der Waals surface area (Å²) < 4.78 is 0. The lowest BCUT2D eigenvalue weighted by atomic mass is 9.91. The van der Waals surface area contributed by atoms with E-state index in [1.165, 1.54) is 27.6 Å². The second-order valence-electron chi connectivity index (χ2n) is 7.59. The van der Waals surface area contributed by atoms with Gasteiger partial charge in [-0.05, 0) is 49.3 Å². The molecule has 1 aliphatic carbocycles. The second-order valence-corrected chi connectivity index (χ2v) is 7.59. The van der Waals surface area contributed by atoms with Gasteiger partial charge in [-0.15, -0.1) is 0 Å². The Balaban J connectivity index is 2.15. The molecule has 0 spiro atoms. The van der Waals surface area contributed by atoms with E-state index < -0.39 is 0 Å². The van der Waals surface area contributed by atoms with Gasteiger partial charge >= 0.3 is 0 Å². The molecule has 0 aliphatic heterocycles. The molecule has 2 aromatic carbocycles. The zero-order valence-corrected chi connectivity index (χ0v) is 15.2. The number of nitrogens with zero attached hydrogens (tertiary/aromatic N) is 2. The average Bonchev–Trinajstić information content (AvgIpc) is 3.01. The van der Waals surface area contributed by atoms with Crippen molar-refractivity contribution in [2.75, 3.05) is 14.1 Å². The fourth-order valence-electron chi connectivity index (χ4n) is 2.99. The maximum Gasteiger partial charge on any atom is 0.0524 e. The van der Waals surface area contributed by atoms with E-state index in [9.17, 15) is 0 Å². The van der Waals surface area contributed by atoms with Crippen molar-refractivity contribution in [2.45, 2.75) is 32.2 Å². The van der Waals surface area contributed by atoms with Gasteiger partial charge in [-0.25, -0.2) is 0 Å². The highest BCUT2D eigenvalue weighted by molar-refractivity contribution is 6.01. The molecule has 0 bridgehead atoms. The Morgan fingerprint density at radius 2 is 1.79 bits per heavy atom. The number of fused-ring (bicyclic) bond motifs is 1. The van der Waals surface area contributed by atoms with Crippen molar-refractivity contribution in [1.29, 1.82) is 0 Å². The van der Waals surface area contributed by atoms with Crippen molar-refractivity contribution in [1.82, 2.24) is 4.90 Å². The molecule has 0 fully saturated rings. The zero-order valence-electron chi connectivity index (χ0n) is 15.2. The smallest absolute Gasteiger partial charge is 0.0524 e. The number of rotatable bonds is 3. The molecule has 0 aromatic heterocycles. The van der Waals surface area contributed by atoms with E-state index in [0.717, 1.165) is 0 Å². The van der Waals surface area contributed by atoms with Crippen LogP contribution >= 0.6 is 0 Å². The predicted molar refractivity (Wildman–Crippen MR) is 105 cm³/mol. The molecule has 2 aromatic rings. The first-order valence-corrected chi connectivity index (χ1v) is 8.49. The number of aliphatic imine (C=N–C) groups is 1. The predicted octanol–water partition coefficient (Wildman–Crippen LogP) is 5.16. The molecule has 0 amide bonds. The summed E-state index contributed by atoms with van der Waals surface area (Å²) >= 11 is 0. The monoisotopic (exact) mass is 318 g/mol. The van der Waals surface area contributed by atoms with Crippen LogP contribution < -0.4 is 0 Å². The van der Waals surface area contributed by atoms with Crippen molar-refractivity contribution in [3.8, 4) is 0 Å². The molecular weight excluding hydrogens is 292 g/mol. The Labute approximate surface area is 145 Å². The van der Waals surface area contributed by atoms with Gasteiger partial charge in [-0.3, -0.25) is 4.99 Å². The number of likely N-dealkylation sites (N-methyl/N-ethyl adjacent to an activating group) is 1. The summed E-state index contributed by atoms with van der Waals surface area (Å²) in [5.41, 5.74) is 3.72. The molecule has 24 heavy (non-hydrogen) atoms. The van der Waals surface area contributed by atoms with Crippen LogP contribution in [-0.4, -0.2) is 30.7 Å². The number of benzene rings is 2. The topological polar surface area (TPSA) is 15.6 Å². The van der Waals surface area contributed by atoms with Crippen molar-refractivity contribution in [3.05, 3.63) is 71.5 Å². The molecule has 3 rings (SSSR count). The van der Waals surface area contributed by atoms with Crippen LogP contribution in [0.4, 0.5) is 0 Å². The van der Waals surface area contributed by atoms with E-state index in [0.29, 0.717) is 5.92 Å². The maximum atomic E-state index is 4.78. The lowest BCUT2D eigenvalue weighted by molar-refractivity contribution is 0.530. The molecule has 2 nitrogen and oxygen atoms in total.